The van der Waals surface area contributed by atoms with Crippen LogP contribution in [0.2, 0.25) is 0 Å². The maximum Gasteiger partial charge on any atom is 0.159 e. The second-order valence-corrected chi connectivity index (χ2v) is 2.40. The lowest BCUT2D eigenvalue weighted by Crippen LogP contribution is -1.86. The van der Waals surface area contributed by atoms with Crippen LogP contribution < -0.4 is 0 Å². The van der Waals surface area contributed by atoms with E-state index in [0.717, 1.165) is 5.39 Å². The molecule has 0 saturated carbocycles. The van der Waals surface area contributed by atoms with Gasteiger partial charge in [-0.25, -0.2) is 4.39 Å². The van der Waals surface area contributed by atoms with Gasteiger partial charge in [-0.15, -0.1) is 0 Å². The van der Waals surface area contributed by atoms with E-state index in [-0.39, 0.29) is 5.82 Å². The van der Waals surface area contributed by atoms with E-state index < -0.39 is 0 Å². The first-order valence-electron chi connectivity index (χ1n) is 3.27. The Kier molecular flexibility index (Phi) is 1.18. The molecule has 2 nitrogen and oxygen atoms in total. The summed E-state index contributed by atoms with van der Waals surface area (Å²) in [5, 5.41) is 4.73. The van der Waals surface area contributed by atoms with E-state index >= 15 is 0 Å². The Balaban J connectivity index is 2.90. The van der Waals surface area contributed by atoms with Crippen molar-refractivity contribution in [1.29, 1.82) is 0 Å². The third kappa shape index (κ3) is 0.888. The predicted molar refractivity (Wildman–Crippen MR) is 39.5 cm³/mol. The minimum absolute atomic E-state index is 0.384. The monoisotopic (exact) mass is 149 g/mol. The fraction of sp³-hybridized carbons (Fsp3) is 0.125. The van der Waals surface area contributed by atoms with Crippen LogP contribution in [0.1, 0.15) is 0 Å². The number of nitrogens with zero attached hydrogens (tertiary/aromatic N) is 2. The molecule has 0 atom stereocenters. The molecule has 0 fully saturated rings. The van der Waals surface area contributed by atoms with Gasteiger partial charge in [-0.2, -0.15) is 5.10 Å². The SMILES string of the molecule is Cn1cc2cc[c]c(F)c2n1. The molecule has 1 aromatic carbocycles. The van der Waals surface area contributed by atoms with Gasteiger partial charge in [-0.05, 0) is 0 Å². The fourth-order valence-corrected chi connectivity index (χ4v) is 1.07. The molecule has 2 aromatic rings. The molecule has 0 aliphatic rings. The number of rotatable bonds is 0. The molecular weight excluding hydrogens is 143 g/mol. The highest BCUT2D eigenvalue weighted by molar-refractivity contribution is 5.78. The number of hydrogen-bond donors (Lipinski definition) is 0. The van der Waals surface area contributed by atoms with E-state index in [1.807, 2.05) is 0 Å². The van der Waals surface area contributed by atoms with Gasteiger partial charge >= 0.3 is 0 Å². The summed E-state index contributed by atoms with van der Waals surface area (Å²) in [7, 11) is 1.76. The lowest BCUT2D eigenvalue weighted by Gasteiger charge is -1.85. The van der Waals surface area contributed by atoms with Crippen LogP contribution in [0.5, 0.6) is 0 Å². The molecule has 1 aromatic heterocycles. The Morgan fingerprint density at radius 2 is 2.45 bits per heavy atom. The molecule has 0 bridgehead atoms. The van der Waals surface area contributed by atoms with E-state index in [0.29, 0.717) is 5.52 Å². The number of benzene rings is 1. The summed E-state index contributed by atoms with van der Waals surface area (Å²) in [6.07, 6.45) is 1.77. The predicted octanol–water partition coefficient (Wildman–Crippen LogP) is 1.51. The van der Waals surface area contributed by atoms with Gasteiger partial charge in [0.25, 0.3) is 0 Å². The van der Waals surface area contributed by atoms with E-state index in [1.165, 1.54) is 0 Å². The number of aryl methyl sites for hydroxylation is 1. The topological polar surface area (TPSA) is 17.8 Å². The summed E-state index contributed by atoms with van der Waals surface area (Å²) in [5.74, 6) is -0.386. The minimum atomic E-state index is -0.386. The molecule has 0 unspecified atom stereocenters. The maximum atomic E-state index is 12.9. The van der Waals surface area contributed by atoms with E-state index in [4.69, 9.17) is 0 Å². The number of fused-ring (bicyclic) bond motifs is 1. The largest absolute Gasteiger partial charge is 0.274 e. The van der Waals surface area contributed by atoms with Crippen LogP contribution in [0.15, 0.2) is 18.3 Å². The van der Waals surface area contributed by atoms with Gasteiger partial charge in [0.15, 0.2) is 5.82 Å². The fourth-order valence-electron chi connectivity index (χ4n) is 1.07. The van der Waals surface area contributed by atoms with Gasteiger partial charge in [0.2, 0.25) is 0 Å². The van der Waals surface area contributed by atoms with Gasteiger partial charge in [0.05, 0.1) is 0 Å². The van der Waals surface area contributed by atoms with Crippen molar-refractivity contribution in [3.05, 3.63) is 30.2 Å². The average Bonchev–Trinajstić information content (AvgIpc) is 2.31. The first-order valence-corrected chi connectivity index (χ1v) is 3.27. The van der Waals surface area contributed by atoms with E-state index in [1.54, 1.807) is 30.1 Å². The van der Waals surface area contributed by atoms with Gasteiger partial charge in [0.1, 0.15) is 5.52 Å². The molecular formula is C8H6FN2. The Hall–Kier alpha value is -1.38. The molecule has 0 N–H and O–H groups in total. The van der Waals surface area contributed by atoms with Crippen molar-refractivity contribution >= 4 is 10.9 Å². The van der Waals surface area contributed by atoms with Gasteiger partial charge in [-0.3, -0.25) is 4.68 Å². The third-order valence-corrected chi connectivity index (χ3v) is 1.54. The highest BCUT2D eigenvalue weighted by atomic mass is 19.1. The standard InChI is InChI=1S/C8H6FN2/c1-11-5-6-3-2-4-7(9)8(6)10-11/h2-3,5H,1H3. The van der Waals surface area contributed by atoms with Crippen molar-refractivity contribution in [3.63, 3.8) is 0 Å². The molecule has 1 radical (unpaired) electrons. The normalized spacial score (nSPS) is 10.7. The number of hydrogen-bond acceptors (Lipinski definition) is 1. The lowest BCUT2D eigenvalue weighted by molar-refractivity contribution is 0.630. The van der Waals surface area contributed by atoms with Crippen molar-refractivity contribution in [2.24, 2.45) is 7.05 Å². The van der Waals surface area contributed by atoms with Crippen LogP contribution in [0.4, 0.5) is 4.39 Å². The van der Waals surface area contributed by atoms with Gasteiger partial charge < -0.3 is 0 Å². The molecule has 0 spiro atoms. The molecule has 2 rings (SSSR count). The number of aromatic nitrogens is 2. The smallest absolute Gasteiger partial charge is 0.159 e. The summed E-state index contributed by atoms with van der Waals surface area (Å²) in [6, 6.07) is 5.78. The van der Waals surface area contributed by atoms with Crippen molar-refractivity contribution < 1.29 is 4.39 Å². The minimum Gasteiger partial charge on any atom is -0.274 e. The molecule has 0 saturated heterocycles. The maximum absolute atomic E-state index is 12.9. The van der Waals surface area contributed by atoms with E-state index in [9.17, 15) is 4.39 Å². The third-order valence-electron chi connectivity index (χ3n) is 1.54. The van der Waals surface area contributed by atoms with Crippen molar-refractivity contribution in [2.75, 3.05) is 0 Å². The number of halogens is 1. The van der Waals surface area contributed by atoms with Crippen LogP contribution in [-0.2, 0) is 7.05 Å². The summed E-state index contributed by atoms with van der Waals surface area (Å²) in [6.45, 7) is 0. The van der Waals surface area contributed by atoms with Crippen molar-refractivity contribution in [2.45, 2.75) is 0 Å². The molecule has 55 valence electrons. The lowest BCUT2D eigenvalue weighted by atomic mass is 10.2. The zero-order valence-corrected chi connectivity index (χ0v) is 6.00. The molecule has 0 aliphatic carbocycles. The first kappa shape index (κ1) is 6.34. The van der Waals surface area contributed by atoms with Crippen LogP contribution in [0.3, 0.4) is 0 Å². The molecule has 11 heavy (non-hydrogen) atoms. The summed E-state index contributed by atoms with van der Waals surface area (Å²) in [5.41, 5.74) is 0.384. The van der Waals surface area contributed by atoms with Crippen molar-refractivity contribution in [3.8, 4) is 0 Å². The molecule has 1 heterocycles. The Labute approximate surface area is 63.3 Å². The van der Waals surface area contributed by atoms with Gasteiger partial charge in [0, 0.05) is 24.7 Å². The van der Waals surface area contributed by atoms with Crippen LogP contribution in [0.25, 0.3) is 10.9 Å². The highest BCUT2D eigenvalue weighted by Gasteiger charge is 2.02. The average molecular weight is 149 g/mol. The van der Waals surface area contributed by atoms with Crippen molar-refractivity contribution in [1.82, 2.24) is 9.78 Å². The highest BCUT2D eigenvalue weighted by Crippen LogP contribution is 2.13. The quantitative estimate of drug-likeness (QED) is 0.555. The van der Waals surface area contributed by atoms with Crippen LogP contribution in [-0.4, -0.2) is 9.78 Å². The summed E-state index contributed by atoms with van der Waals surface area (Å²) >= 11 is 0. The van der Waals surface area contributed by atoms with Crippen LogP contribution in [0, 0.1) is 11.9 Å². The van der Waals surface area contributed by atoms with E-state index in [2.05, 4.69) is 11.2 Å². The molecule has 0 aliphatic heterocycles. The molecule has 0 amide bonds. The summed E-state index contributed by atoms with van der Waals surface area (Å²) in [4.78, 5) is 0. The Morgan fingerprint density at radius 3 is 3.18 bits per heavy atom. The van der Waals surface area contributed by atoms with Crippen LogP contribution >= 0.6 is 0 Å². The second kappa shape index (κ2) is 2.05. The Morgan fingerprint density at radius 1 is 1.64 bits per heavy atom. The second-order valence-electron chi connectivity index (χ2n) is 2.40. The summed E-state index contributed by atoms with van der Waals surface area (Å²) < 4.78 is 14.5. The molecule has 3 heteroatoms. The zero-order valence-electron chi connectivity index (χ0n) is 6.00. The Bertz CT molecular complexity index is 392. The zero-order chi connectivity index (χ0) is 7.84. The first-order chi connectivity index (χ1) is 5.27. The van der Waals surface area contributed by atoms with Gasteiger partial charge in [-0.1, -0.05) is 12.1 Å².